The number of likely N-dealkylation sites (tertiary alicyclic amines) is 1. The number of rotatable bonds is 3. The van der Waals surface area contributed by atoms with Gasteiger partial charge in [0.25, 0.3) is 0 Å². The summed E-state index contributed by atoms with van der Waals surface area (Å²) < 4.78 is 22.9. The van der Waals surface area contributed by atoms with Gasteiger partial charge in [-0.2, -0.15) is 0 Å². The lowest BCUT2D eigenvalue weighted by atomic mass is 9.86. The Morgan fingerprint density at radius 1 is 1.23 bits per heavy atom. The maximum absolute atomic E-state index is 12.1. The molecule has 1 aliphatic rings. The molecule has 0 saturated carbocycles. The molecule has 1 heterocycles. The highest BCUT2D eigenvalue weighted by atomic mass is 35.7. The summed E-state index contributed by atoms with van der Waals surface area (Å²) in [6.07, 6.45) is -0.0315. The Kier molecular flexibility index (Phi) is 4.60. The van der Waals surface area contributed by atoms with Gasteiger partial charge >= 0.3 is 0 Å². The Hall–Kier alpha value is -1.07. The molecular weight excluding hydrogens is 322 g/mol. The van der Waals surface area contributed by atoms with Crippen LogP contribution in [0.15, 0.2) is 24.3 Å². The molecule has 6 heteroatoms. The van der Waals surface area contributed by atoms with Crippen molar-refractivity contribution in [1.29, 1.82) is 0 Å². The molecule has 2 atom stereocenters. The van der Waals surface area contributed by atoms with E-state index in [9.17, 15) is 13.2 Å². The van der Waals surface area contributed by atoms with Crippen LogP contribution >= 0.6 is 10.7 Å². The smallest absolute Gasteiger partial charge is 0.237 e. The molecule has 0 aliphatic carbocycles. The molecule has 1 saturated heterocycles. The van der Waals surface area contributed by atoms with Crippen LogP contribution in [0.3, 0.4) is 0 Å². The highest BCUT2D eigenvalue weighted by Gasteiger charge is 2.39. The topological polar surface area (TPSA) is 54.5 Å². The van der Waals surface area contributed by atoms with Crippen LogP contribution in [0.5, 0.6) is 0 Å². The fourth-order valence-electron chi connectivity index (χ4n) is 2.70. The third kappa shape index (κ3) is 3.63. The van der Waals surface area contributed by atoms with E-state index in [1.165, 1.54) is 5.56 Å². The average Bonchev–Trinajstić information content (AvgIpc) is 2.79. The fourth-order valence-corrected chi connectivity index (χ4v) is 3.74. The van der Waals surface area contributed by atoms with Crippen molar-refractivity contribution in [2.24, 2.45) is 0 Å². The summed E-state index contributed by atoms with van der Waals surface area (Å²) >= 11 is 0. The average molecular weight is 344 g/mol. The summed E-state index contributed by atoms with van der Waals surface area (Å²) in [6, 6.07) is 7.96. The van der Waals surface area contributed by atoms with Crippen LogP contribution < -0.4 is 0 Å². The monoisotopic (exact) mass is 343 g/mol. The van der Waals surface area contributed by atoms with Crippen LogP contribution in [0, 0.1) is 0 Å². The summed E-state index contributed by atoms with van der Waals surface area (Å²) in [7, 11) is 1.68. The van der Waals surface area contributed by atoms with Gasteiger partial charge < -0.3 is 4.90 Å². The standard InChI is InChI=1S/C16H22ClNO3S/c1-11(12-5-7-13(8-6-12)16(2,3)4)18-10-14(9-15(18)19)22(17,20)21/h5-8,11,14H,9-10H2,1-4H3. The molecule has 1 aliphatic heterocycles. The van der Waals surface area contributed by atoms with Gasteiger partial charge in [0.1, 0.15) is 5.25 Å². The van der Waals surface area contributed by atoms with Crippen molar-refractivity contribution in [2.45, 2.75) is 50.8 Å². The number of nitrogens with zero attached hydrogens (tertiary/aromatic N) is 1. The predicted molar refractivity (Wildman–Crippen MR) is 88.4 cm³/mol. The van der Waals surface area contributed by atoms with E-state index < -0.39 is 14.3 Å². The summed E-state index contributed by atoms with van der Waals surface area (Å²) in [6.45, 7) is 8.50. The number of hydrogen-bond acceptors (Lipinski definition) is 3. The first-order valence-corrected chi connectivity index (χ1v) is 9.71. The molecule has 0 aromatic heterocycles. The van der Waals surface area contributed by atoms with Crippen molar-refractivity contribution in [3.05, 3.63) is 35.4 Å². The van der Waals surface area contributed by atoms with E-state index in [0.29, 0.717) is 0 Å². The molecule has 2 rings (SSSR count). The van der Waals surface area contributed by atoms with Gasteiger partial charge in [-0.15, -0.1) is 0 Å². The van der Waals surface area contributed by atoms with Crippen molar-refractivity contribution in [3.63, 3.8) is 0 Å². The van der Waals surface area contributed by atoms with E-state index in [2.05, 4.69) is 32.9 Å². The number of benzene rings is 1. The van der Waals surface area contributed by atoms with Crippen LogP contribution in [0.4, 0.5) is 0 Å². The Bertz CT molecular complexity index is 662. The van der Waals surface area contributed by atoms with Crippen LogP contribution in [0.25, 0.3) is 0 Å². The number of halogens is 1. The van der Waals surface area contributed by atoms with Crippen molar-refractivity contribution in [2.75, 3.05) is 6.54 Å². The molecule has 0 bridgehead atoms. The summed E-state index contributed by atoms with van der Waals surface area (Å²) in [5.74, 6) is -0.165. The second-order valence-corrected chi connectivity index (χ2v) is 9.80. The zero-order valence-electron chi connectivity index (χ0n) is 13.3. The quantitative estimate of drug-likeness (QED) is 0.792. The minimum Gasteiger partial charge on any atom is -0.335 e. The van der Waals surface area contributed by atoms with E-state index in [1.54, 1.807) is 4.90 Å². The third-order valence-electron chi connectivity index (χ3n) is 4.25. The fraction of sp³-hybridized carbons (Fsp3) is 0.562. The van der Waals surface area contributed by atoms with Gasteiger partial charge in [0.15, 0.2) is 0 Å². The molecule has 122 valence electrons. The van der Waals surface area contributed by atoms with Gasteiger partial charge in [0.2, 0.25) is 15.0 Å². The molecule has 22 heavy (non-hydrogen) atoms. The van der Waals surface area contributed by atoms with Crippen molar-refractivity contribution < 1.29 is 13.2 Å². The molecule has 1 aromatic carbocycles. The largest absolute Gasteiger partial charge is 0.335 e. The van der Waals surface area contributed by atoms with Gasteiger partial charge in [-0.1, -0.05) is 45.0 Å². The van der Waals surface area contributed by atoms with Gasteiger partial charge in [-0.25, -0.2) is 8.42 Å². The summed E-state index contributed by atoms with van der Waals surface area (Å²) in [4.78, 5) is 13.7. The van der Waals surface area contributed by atoms with Gasteiger partial charge in [0, 0.05) is 23.6 Å². The van der Waals surface area contributed by atoms with Crippen molar-refractivity contribution in [3.8, 4) is 0 Å². The van der Waals surface area contributed by atoms with Gasteiger partial charge in [0.05, 0.1) is 6.04 Å². The number of amides is 1. The highest BCUT2D eigenvalue weighted by molar-refractivity contribution is 8.14. The second-order valence-electron chi connectivity index (χ2n) is 6.90. The zero-order chi connectivity index (χ0) is 16.7. The summed E-state index contributed by atoms with van der Waals surface area (Å²) in [5.41, 5.74) is 2.29. The van der Waals surface area contributed by atoms with Gasteiger partial charge in [-0.05, 0) is 23.5 Å². The van der Waals surface area contributed by atoms with E-state index in [1.807, 2.05) is 19.1 Å². The third-order valence-corrected chi connectivity index (χ3v) is 6.12. The lowest BCUT2D eigenvalue weighted by Gasteiger charge is -2.26. The maximum atomic E-state index is 12.1. The molecule has 1 fully saturated rings. The summed E-state index contributed by atoms with van der Waals surface area (Å²) in [5, 5.41) is -0.807. The number of carbonyl (C=O) groups is 1. The Morgan fingerprint density at radius 3 is 2.18 bits per heavy atom. The van der Waals surface area contributed by atoms with E-state index >= 15 is 0 Å². The molecule has 0 N–H and O–H groups in total. The minimum absolute atomic E-state index is 0.0315. The zero-order valence-corrected chi connectivity index (χ0v) is 14.9. The first-order valence-electron chi connectivity index (χ1n) is 7.33. The molecule has 0 radical (unpaired) electrons. The lowest BCUT2D eigenvalue weighted by molar-refractivity contribution is -0.129. The molecule has 1 amide bonds. The molecule has 1 aromatic rings. The van der Waals surface area contributed by atoms with Crippen LogP contribution in [-0.4, -0.2) is 31.0 Å². The predicted octanol–water partition coefficient (Wildman–Crippen LogP) is 3.21. The van der Waals surface area contributed by atoms with Crippen LogP contribution in [0.2, 0.25) is 0 Å². The Morgan fingerprint density at radius 2 is 1.77 bits per heavy atom. The maximum Gasteiger partial charge on any atom is 0.237 e. The van der Waals surface area contributed by atoms with E-state index in [4.69, 9.17) is 10.7 Å². The SMILES string of the molecule is CC(c1ccc(C(C)(C)C)cc1)N1CC(S(=O)(=O)Cl)CC1=O. The van der Waals surface area contributed by atoms with Gasteiger partial charge in [-0.3, -0.25) is 4.79 Å². The first kappa shape index (κ1) is 17.3. The Balaban J connectivity index is 2.18. The van der Waals surface area contributed by atoms with Crippen LogP contribution in [-0.2, 0) is 19.3 Å². The van der Waals surface area contributed by atoms with E-state index in [-0.39, 0.29) is 30.3 Å². The van der Waals surface area contributed by atoms with Crippen molar-refractivity contribution in [1.82, 2.24) is 4.90 Å². The minimum atomic E-state index is -3.70. The first-order chi connectivity index (χ1) is 10.00. The normalized spacial score (nSPS) is 21.2. The molecule has 0 spiro atoms. The van der Waals surface area contributed by atoms with Crippen LogP contribution in [0.1, 0.15) is 51.3 Å². The van der Waals surface area contributed by atoms with Crippen molar-refractivity contribution >= 4 is 25.6 Å². The Labute approximate surface area is 136 Å². The number of hydrogen-bond donors (Lipinski definition) is 0. The lowest BCUT2D eigenvalue weighted by Crippen LogP contribution is -2.30. The number of carbonyl (C=O) groups excluding carboxylic acids is 1. The molecular formula is C16H22ClNO3S. The highest BCUT2D eigenvalue weighted by Crippen LogP contribution is 2.31. The van der Waals surface area contributed by atoms with E-state index in [0.717, 1.165) is 5.56 Å². The molecule has 4 nitrogen and oxygen atoms in total. The second kappa shape index (κ2) is 5.85. The molecule has 2 unspecified atom stereocenters.